The third-order valence-corrected chi connectivity index (χ3v) is 2.39. The lowest BCUT2D eigenvalue weighted by atomic mass is 10.2. The number of hydrogen-bond acceptors (Lipinski definition) is 3. The number of carbonyl (C=O) groups excluding carboxylic acids is 1. The predicted octanol–water partition coefficient (Wildman–Crippen LogP) is 3.05. The molecule has 0 saturated heterocycles. The Morgan fingerprint density at radius 2 is 1.95 bits per heavy atom. The van der Waals surface area contributed by atoms with Gasteiger partial charge in [-0.3, -0.25) is 10.3 Å². The zero-order valence-corrected chi connectivity index (χ0v) is 11.1. The van der Waals surface area contributed by atoms with E-state index in [0.717, 1.165) is 11.1 Å². The van der Waals surface area contributed by atoms with Crippen LogP contribution in [0.2, 0.25) is 0 Å². The van der Waals surface area contributed by atoms with Crippen molar-refractivity contribution in [2.45, 2.75) is 6.92 Å². The molecule has 1 N–H and O–H groups in total. The van der Waals surface area contributed by atoms with Crippen molar-refractivity contribution in [2.24, 2.45) is 0 Å². The van der Waals surface area contributed by atoms with Gasteiger partial charge in [0, 0.05) is 17.3 Å². The van der Waals surface area contributed by atoms with E-state index in [9.17, 15) is 4.79 Å². The van der Waals surface area contributed by atoms with Crippen LogP contribution < -0.4 is 5.32 Å². The number of amides is 1. The van der Waals surface area contributed by atoms with Gasteiger partial charge in [-0.2, -0.15) is 0 Å². The van der Waals surface area contributed by atoms with E-state index in [2.05, 4.69) is 22.1 Å². The normalized spacial score (nSPS) is 9.25. The van der Waals surface area contributed by atoms with Crippen LogP contribution in [0.4, 0.5) is 10.5 Å². The van der Waals surface area contributed by atoms with Gasteiger partial charge in [-0.25, -0.2) is 4.79 Å². The van der Waals surface area contributed by atoms with E-state index in [4.69, 9.17) is 4.74 Å². The molecule has 2 rings (SSSR count). The standard InChI is InChI=1S/C16H14N2O2/c1-2-20-16(19)18-15-10-14(11-17-12-15)9-8-13-6-4-3-5-7-13/h3-7,10-12H,2H2,1H3,(H,18,19). The lowest BCUT2D eigenvalue weighted by Crippen LogP contribution is -2.13. The van der Waals surface area contributed by atoms with Gasteiger partial charge in [0.15, 0.2) is 0 Å². The van der Waals surface area contributed by atoms with E-state index in [1.165, 1.54) is 0 Å². The molecule has 2 aromatic rings. The fraction of sp³-hybridized carbons (Fsp3) is 0.125. The minimum Gasteiger partial charge on any atom is -0.450 e. The Bertz CT molecular complexity index is 642. The van der Waals surface area contributed by atoms with Gasteiger partial charge in [0.25, 0.3) is 0 Å². The largest absolute Gasteiger partial charge is 0.450 e. The molecule has 0 bridgehead atoms. The minimum atomic E-state index is -0.498. The maximum atomic E-state index is 11.3. The van der Waals surface area contributed by atoms with Crippen molar-refractivity contribution in [1.82, 2.24) is 4.98 Å². The number of hydrogen-bond donors (Lipinski definition) is 1. The summed E-state index contributed by atoms with van der Waals surface area (Å²) in [6.45, 7) is 2.08. The summed E-state index contributed by atoms with van der Waals surface area (Å²) < 4.78 is 4.80. The molecule has 0 unspecified atom stereocenters. The number of ether oxygens (including phenoxy) is 1. The summed E-state index contributed by atoms with van der Waals surface area (Å²) in [6.07, 6.45) is 2.69. The molecule has 0 saturated carbocycles. The van der Waals surface area contributed by atoms with E-state index in [0.29, 0.717) is 12.3 Å². The molecule has 0 aliphatic rings. The highest BCUT2D eigenvalue weighted by Gasteiger charge is 2.02. The molecule has 0 spiro atoms. The van der Waals surface area contributed by atoms with Crippen molar-refractivity contribution < 1.29 is 9.53 Å². The molecule has 4 heteroatoms. The van der Waals surface area contributed by atoms with Crippen LogP contribution in [0.25, 0.3) is 0 Å². The maximum absolute atomic E-state index is 11.3. The molecule has 4 nitrogen and oxygen atoms in total. The molecular weight excluding hydrogens is 252 g/mol. The summed E-state index contributed by atoms with van der Waals surface area (Å²) in [5.74, 6) is 6.03. The zero-order chi connectivity index (χ0) is 14.2. The first-order chi connectivity index (χ1) is 9.78. The van der Waals surface area contributed by atoms with E-state index in [1.807, 2.05) is 30.3 Å². The van der Waals surface area contributed by atoms with E-state index in [1.54, 1.807) is 25.4 Å². The van der Waals surface area contributed by atoms with Crippen LogP contribution in [0.5, 0.6) is 0 Å². The number of nitrogens with one attached hydrogen (secondary N) is 1. The Hall–Kier alpha value is -2.80. The Kier molecular flexibility index (Phi) is 4.74. The van der Waals surface area contributed by atoms with Gasteiger partial charge in [-0.05, 0) is 25.1 Å². The minimum absolute atomic E-state index is 0.326. The fourth-order valence-electron chi connectivity index (χ4n) is 1.53. The molecule has 0 fully saturated rings. The van der Waals surface area contributed by atoms with E-state index in [-0.39, 0.29) is 0 Å². The van der Waals surface area contributed by atoms with Crippen molar-refractivity contribution in [3.63, 3.8) is 0 Å². The third-order valence-electron chi connectivity index (χ3n) is 2.39. The van der Waals surface area contributed by atoms with Gasteiger partial charge in [0.05, 0.1) is 18.5 Å². The van der Waals surface area contributed by atoms with Crippen molar-refractivity contribution in [3.05, 3.63) is 59.9 Å². The van der Waals surface area contributed by atoms with Gasteiger partial charge < -0.3 is 4.74 Å². The molecule has 1 amide bonds. The van der Waals surface area contributed by atoms with Crippen molar-refractivity contribution >= 4 is 11.8 Å². The summed E-state index contributed by atoms with van der Waals surface area (Å²) in [5, 5.41) is 2.59. The number of benzene rings is 1. The molecular formula is C16H14N2O2. The predicted molar refractivity (Wildman–Crippen MR) is 77.3 cm³/mol. The van der Waals surface area contributed by atoms with E-state index < -0.39 is 6.09 Å². The second-order valence-electron chi connectivity index (χ2n) is 3.92. The van der Waals surface area contributed by atoms with Gasteiger partial charge in [-0.15, -0.1) is 0 Å². The van der Waals surface area contributed by atoms with Crippen LogP contribution in [0, 0.1) is 11.8 Å². The SMILES string of the molecule is CCOC(=O)Nc1cncc(C#Cc2ccccc2)c1. The number of aromatic nitrogens is 1. The second-order valence-corrected chi connectivity index (χ2v) is 3.92. The molecule has 0 aliphatic carbocycles. The highest BCUT2D eigenvalue weighted by atomic mass is 16.5. The average Bonchev–Trinajstić information content (AvgIpc) is 2.47. The fourth-order valence-corrected chi connectivity index (χ4v) is 1.53. The Morgan fingerprint density at radius 1 is 1.20 bits per heavy atom. The number of carbonyl (C=O) groups is 1. The lowest BCUT2D eigenvalue weighted by Gasteiger charge is -2.04. The molecule has 0 radical (unpaired) electrons. The second kappa shape index (κ2) is 6.95. The van der Waals surface area contributed by atoms with Crippen molar-refractivity contribution in [1.29, 1.82) is 0 Å². The molecule has 1 aromatic carbocycles. The molecule has 0 atom stereocenters. The van der Waals surface area contributed by atoms with Gasteiger partial charge in [0.1, 0.15) is 0 Å². The van der Waals surface area contributed by atoms with Crippen LogP contribution in [-0.2, 0) is 4.74 Å². The number of anilines is 1. The lowest BCUT2D eigenvalue weighted by molar-refractivity contribution is 0.168. The van der Waals surface area contributed by atoms with Crippen LogP contribution in [0.3, 0.4) is 0 Å². The average molecular weight is 266 g/mol. The highest BCUT2D eigenvalue weighted by Crippen LogP contribution is 2.08. The Labute approximate surface area is 117 Å². The summed E-state index contributed by atoms with van der Waals surface area (Å²) >= 11 is 0. The quantitative estimate of drug-likeness (QED) is 0.850. The molecule has 1 heterocycles. The first kappa shape index (κ1) is 13.6. The first-order valence-electron chi connectivity index (χ1n) is 6.24. The van der Waals surface area contributed by atoms with Crippen molar-refractivity contribution in [2.75, 3.05) is 11.9 Å². The van der Waals surface area contributed by atoms with Crippen LogP contribution in [0.15, 0.2) is 48.8 Å². The van der Waals surface area contributed by atoms with E-state index >= 15 is 0 Å². The van der Waals surface area contributed by atoms with Gasteiger partial charge in [0.2, 0.25) is 0 Å². The van der Waals surface area contributed by atoms with Gasteiger partial charge >= 0.3 is 6.09 Å². The van der Waals surface area contributed by atoms with Crippen molar-refractivity contribution in [3.8, 4) is 11.8 Å². The summed E-state index contributed by atoms with van der Waals surface area (Å²) in [5.41, 5.74) is 2.21. The monoisotopic (exact) mass is 266 g/mol. The Morgan fingerprint density at radius 3 is 2.70 bits per heavy atom. The summed E-state index contributed by atoms with van der Waals surface area (Å²) in [6, 6.07) is 11.4. The Balaban J connectivity index is 2.11. The topological polar surface area (TPSA) is 51.2 Å². The molecule has 1 aromatic heterocycles. The number of rotatable bonds is 2. The number of pyridine rings is 1. The van der Waals surface area contributed by atoms with Gasteiger partial charge in [-0.1, -0.05) is 30.0 Å². The smallest absolute Gasteiger partial charge is 0.411 e. The maximum Gasteiger partial charge on any atom is 0.411 e. The van der Waals surface area contributed by atoms with Crippen LogP contribution in [-0.4, -0.2) is 17.7 Å². The summed E-state index contributed by atoms with van der Waals surface area (Å²) in [4.78, 5) is 15.3. The van der Waals surface area contributed by atoms with Crippen LogP contribution in [0.1, 0.15) is 18.1 Å². The zero-order valence-electron chi connectivity index (χ0n) is 11.1. The number of nitrogens with zero attached hydrogens (tertiary/aromatic N) is 1. The first-order valence-corrected chi connectivity index (χ1v) is 6.24. The highest BCUT2D eigenvalue weighted by molar-refractivity contribution is 5.84. The molecule has 100 valence electrons. The molecule has 0 aliphatic heterocycles. The molecule has 20 heavy (non-hydrogen) atoms. The summed E-state index contributed by atoms with van der Waals surface area (Å²) in [7, 11) is 0. The van der Waals surface area contributed by atoms with Crippen LogP contribution >= 0.6 is 0 Å². The third kappa shape index (κ3) is 4.14.